The number of thiol groups is 2. The van der Waals surface area contributed by atoms with E-state index in [0.717, 1.165) is 0 Å². The van der Waals surface area contributed by atoms with Crippen LogP contribution in [0.3, 0.4) is 0 Å². The number of rotatable bonds is 5. The molecule has 0 saturated carbocycles. The quantitative estimate of drug-likeness (QED) is 0.341. The zero-order valence-corrected chi connectivity index (χ0v) is 10.4. The molecule has 0 atom stereocenters. The summed E-state index contributed by atoms with van der Waals surface area (Å²) >= 11 is 9.30. The van der Waals surface area contributed by atoms with E-state index in [1.165, 1.54) is 0 Å². The second-order valence-corrected chi connectivity index (χ2v) is 1.81. The molecule has 0 radical (unpaired) electrons. The van der Waals surface area contributed by atoms with Gasteiger partial charge in [-0.3, -0.25) is 11.1 Å². The summed E-state index contributed by atoms with van der Waals surface area (Å²) in [6.45, 7) is 4.54. The topological polar surface area (TPSA) is 52.6 Å². The monoisotopic (exact) mass is 285 g/mol. The van der Waals surface area contributed by atoms with Crippen LogP contribution < -0.4 is 0 Å². The van der Waals surface area contributed by atoms with Crippen LogP contribution in [-0.2, 0) is 33.8 Å². The van der Waals surface area contributed by atoms with Gasteiger partial charge >= 0.3 is 25.5 Å². The molecule has 0 fully saturated rings. The van der Waals surface area contributed by atoms with E-state index in [-0.39, 0.29) is 18.3 Å². The van der Waals surface area contributed by atoms with Gasteiger partial charge in [0, 0.05) is 0 Å². The Morgan fingerprint density at radius 1 is 1.29 bits per heavy atom. The number of carbonyl (C=O) groups excluding carboxylic acids is 1. The van der Waals surface area contributed by atoms with E-state index in [1.54, 1.807) is 0 Å². The SMILES string of the molecule is [CH2-]COCCOC(=O)CS.[CH2-]S.[O]=[Co]. The first-order valence-corrected chi connectivity index (χ1v) is 5.09. The zero-order valence-electron chi connectivity index (χ0n) is 7.60. The zero-order chi connectivity index (χ0) is 11.8. The van der Waals surface area contributed by atoms with Crippen LogP contribution in [0.15, 0.2) is 0 Å². The summed E-state index contributed by atoms with van der Waals surface area (Å²) in [4.78, 5) is 10.4. The summed E-state index contributed by atoms with van der Waals surface area (Å²) < 4.78 is 17.4. The van der Waals surface area contributed by atoms with Gasteiger partial charge in [-0.2, -0.15) is 12.6 Å². The molecule has 14 heavy (non-hydrogen) atoms. The fourth-order valence-electron chi connectivity index (χ4n) is 0.362. The number of esters is 1. The molecule has 0 aliphatic heterocycles. The molecule has 0 unspecified atom stereocenters. The van der Waals surface area contributed by atoms with Gasteiger partial charge in [0.2, 0.25) is 0 Å². The van der Waals surface area contributed by atoms with Gasteiger partial charge in [-0.05, 0) is 0 Å². The minimum atomic E-state index is -0.323. The Balaban J connectivity index is -0.000000266. The summed E-state index contributed by atoms with van der Waals surface area (Å²) in [5.74, 6) is -0.208. The third-order valence-corrected chi connectivity index (χ3v) is 1.02. The molecule has 0 aromatic carbocycles. The molecular formula is C7H14CoO4S2-2. The molecule has 0 heterocycles. The van der Waals surface area contributed by atoms with Crippen molar-refractivity contribution in [3.05, 3.63) is 13.2 Å². The van der Waals surface area contributed by atoms with Gasteiger partial charge in [0.15, 0.2) is 0 Å². The number of ether oxygens (including phenoxy) is 2. The van der Waals surface area contributed by atoms with Crippen molar-refractivity contribution >= 4 is 31.2 Å². The number of hydrogen-bond donors (Lipinski definition) is 2. The average Bonchev–Trinajstić information content (AvgIpc) is 2.29. The van der Waals surface area contributed by atoms with Gasteiger partial charge in [0.05, 0.1) is 12.4 Å². The maximum atomic E-state index is 10.4. The number of hydrogen-bond acceptors (Lipinski definition) is 6. The molecule has 4 nitrogen and oxygen atoms in total. The predicted octanol–water partition coefficient (Wildman–Crippen LogP) is 0.897. The van der Waals surface area contributed by atoms with E-state index in [4.69, 9.17) is 8.60 Å². The first-order valence-electron chi connectivity index (χ1n) is 3.40. The molecule has 0 spiro atoms. The summed E-state index contributed by atoms with van der Waals surface area (Å²) in [7, 11) is 0. The summed E-state index contributed by atoms with van der Waals surface area (Å²) in [6, 6.07) is 0. The molecule has 0 saturated heterocycles. The molecule has 0 rings (SSSR count). The Labute approximate surface area is 104 Å². The van der Waals surface area contributed by atoms with Crippen molar-refractivity contribution in [1.82, 2.24) is 0 Å². The molecule has 0 aromatic heterocycles. The van der Waals surface area contributed by atoms with Crippen molar-refractivity contribution in [2.45, 2.75) is 0 Å². The van der Waals surface area contributed by atoms with Crippen molar-refractivity contribution in [2.24, 2.45) is 0 Å². The van der Waals surface area contributed by atoms with E-state index >= 15 is 0 Å². The molecule has 89 valence electrons. The second kappa shape index (κ2) is 23.3. The normalized spacial score (nSPS) is 7.50. The van der Waals surface area contributed by atoms with Crippen molar-refractivity contribution in [2.75, 3.05) is 25.6 Å². The second-order valence-electron chi connectivity index (χ2n) is 1.49. The van der Waals surface area contributed by atoms with Gasteiger partial charge in [-0.25, -0.2) is 0 Å². The van der Waals surface area contributed by atoms with Gasteiger partial charge in [-0.1, -0.05) is 6.61 Å². The fraction of sp³-hybridized carbons (Fsp3) is 0.571. The van der Waals surface area contributed by atoms with Crippen molar-refractivity contribution < 1.29 is 33.8 Å². The van der Waals surface area contributed by atoms with Crippen LogP contribution in [0.1, 0.15) is 0 Å². The first-order chi connectivity index (χ1) is 6.81. The average molecular weight is 285 g/mol. The Bertz CT molecular complexity index is 116. The van der Waals surface area contributed by atoms with E-state index in [0.29, 0.717) is 13.2 Å². The van der Waals surface area contributed by atoms with Gasteiger partial charge in [0.1, 0.15) is 6.61 Å². The Morgan fingerprint density at radius 3 is 2.14 bits per heavy atom. The van der Waals surface area contributed by atoms with E-state index in [1.807, 2.05) is 0 Å². The molecular weight excluding hydrogens is 271 g/mol. The summed E-state index contributed by atoms with van der Waals surface area (Å²) in [5.41, 5.74) is 0. The van der Waals surface area contributed by atoms with Gasteiger partial charge < -0.3 is 29.0 Å². The van der Waals surface area contributed by atoms with Gasteiger partial charge in [0.25, 0.3) is 0 Å². The summed E-state index contributed by atoms with van der Waals surface area (Å²) in [6.07, 6.45) is 2.94. The van der Waals surface area contributed by atoms with Crippen LogP contribution in [0, 0.1) is 13.2 Å². The van der Waals surface area contributed by atoms with Gasteiger partial charge in [-0.15, -0.1) is 0 Å². The Morgan fingerprint density at radius 2 is 1.79 bits per heavy atom. The Kier molecular flexibility index (Phi) is 33.2. The number of carbonyl (C=O) groups is 1. The standard InChI is InChI=1S/C6H11O3S.CH3S.Co.O/c1-2-8-3-4-9-6(7)5-10;1-2;;/h10H,1-5H2;2H,1H2;;/q2*-1;;. The van der Waals surface area contributed by atoms with Crippen LogP contribution in [-0.4, -0.2) is 31.5 Å². The molecule has 0 bridgehead atoms. The predicted molar refractivity (Wildman–Crippen MR) is 56.0 cm³/mol. The van der Waals surface area contributed by atoms with Crippen LogP contribution in [0.2, 0.25) is 0 Å². The van der Waals surface area contributed by atoms with E-state index < -0.39 is 0 Å². The van der Waals surface area contributed by atoms with Crippen molar-refractivity contribution in [1.29, 1.82) is 0 Å². The molecule has 0 aromatic rings. The maximum absolute atomic E-state index is 10.4. The minimum absolute atomic E-state index is 0.115. The van der Waals surface area contributed by atoms with Crippen LogP contribution in [0.25, 0.3) is 0 Å². The van der Waals surface area contributed by atoms with Crippen LogP contribution >= 0.6 is 25.3 Å². The molecule has 0 aliphatic rings. The van der Waals surface area contributed by atoms with E-state index in [2.05, 4.69) is 58.8 Å². The summed E-state index contributed by atoms with van der Waals surface area (Å²) in [5, 5.41) is 0. The molecule has 7 heteroatoms. The Hall–Kier alpha value is 0.436. The molecule has 0 aliphatic carbocycles. The first kappa shape index (κ1) is 19.9. The third-order valence-electron chi connectivity index (χ3n) is 0.764. The van der Waals surface area contributed by atoms with Crippen molar-refractivity contribution in [3.63, 3.8) is 0 Å². The third kappa shape index (κ3) is 22.9. The van der Waals surface area contributed by atoms with Crippen LogP contribution in [0.4, 0.5) is 0 Å². The van der Waals surface area contributed by atoms with Crippen LogP contribution in [0.5, 0.6) is 0 Å². The molecule has 0 amide bonds. The van der Waals surface area contributed by atoms with Crippen molar-refractivity contribution in [3.8, 4) is 0 Å². The fourth-order valence-corrected chi connectivity index (χ4v) is 0.453. The van der Waals surface area contributed by atoms with E-state index in [9.17, 15) is 4.79 Å². The molecule has 0 N–H and O–H groups in total.